The van der Waals surface area contributed by atoms with Gasteiger partial charge in [0, 0.05) is 13.1 Å². The lowest BCUT2D eigenvalue weighted by Crippen LogP contribution is -2.51. The zero-order valence-corrected chi connectivity index (χ0v) is 11.4. The van der Waals surface area contributed by atoms with Crippen molar-refractivity contribution >= 4 is 5.91 Å². The second-order valence-electron chi connectivity index (χ2n) is 5.73. The van der Waals surface area contributed by atoms with E-state index in [1.807, 2.05) is 0 Å². The Balaban J connectivity index is 2.12. The van der Waals surface area contributed by atoms with E-state index in [0.717, 1.165) is 38.6 Å². The van der Waals surface area contributed by atoms with E-state index in [4.69, 9.17) is 0 Å². The van der Waals surface area contributed by atoms with Gasteiger partial charge >= 0.3 is 0 Å². The molecule has 1 heterocycles. The van der Waals surface area contributed by atoms with Crippen molar-refractivity contribution in [3.8, 4) is 6.07 Å². The van der Waals surface area contributed by atoms with E-state index in [1.54, 1.807) is 7.05 Å². The van der Waals surface area contributed by atoms with E-state index in [0.29, 0.717) is 5.92 Å². The van der Waals surface area contributed by atoms with Crippen molar-refractivity contribution in [2.24, 2.45) is 11.8 Å². The van der Waals surface area contributed by atoms with Gasteiger partial charge in [-0.2, -0.15) is 5.26 Å². The molecule has 100 valence electrons. The fraction of sp³-hybridized carbons (Fsp3) is 0.857. The molecule has 4 nitrogen and oxygen atoms in total. The van der Waals surface area contributed by atoms with Crippen molar-refractivity contribution in [1.29, 1.82) is 5.26 Å². The van der Waals surface area contributed by atoms with Crippen molar-refractivity contribution in [2.75, 3.05) is 13.6 Å². The SMILES string of the molecule is CNC(=O)C1CCCN1C1CC(C)CCC1C#N. The number of hydrogen-bond donors (Lipinski definition) is 1. The molecule has 4 atom stereocenters. The molecule has 18 heavy (non-hydrogen) atoms. The van der Waals surface area contributed by atoms with Gasteiger partial charge in [0.15, 0.2) is 0 Å². The van der Waals surface area contributed by atoms with Crippen LogP contribution in [-0.4, -0.2) is 36.5 Å². The van der Waals surface area contributed by atoms with Crippen LogP contribution in [0.5, 0.6) is 0 Å². The number of nitrogens with zero attached hydrogens (tertiary/aromatic N) is 2. The summed E-state index contributed by atoms with van der Waals surface area (Å²) in [5, 5.41) is 12.1. The van der Waals surface area contributed by atoms with Crippen molar-refractivity contribution < 1.29 is 4.79 Å². The number of carbonyl (C=O) groups excluding carboxylic acids is 1. The molecule has 0 radical (unpaired) electrons. The van der Waals surface area contributed by atoms with Gasteiger partial charge in [0.1, 0.15) is 0 Å². The van der Waals surface area contributed by atoms with Crippen molar-refractivity contribution in [1.82, 2.24) is 10.2 Å². The van der Waals surface area contributed by atoms with Crippen molar-refractivity contribution in [3.63, 3.8) is 0 Å². The molecule has 4 heteroatoms. The zero-order valence-electron chi connectivity index (χ0n) is 11.4. The van der Waals surface area contributed by atoms with E-state index < -0.39 is 0 Å². The molecule has 0 bridgehead atoms. The van der Waals surface area contributed by atoms with Crippen LogP contribution < -0.4 is 5.32 Å². The first-order valence-electron chi connectivity index (χ1n) is 7.04. The Morgan fingerprint density at radius 2 is 2.17 bits per heavy atom. The standard InChI is InChI=1S/C14H23N3O/c1-10-5-6-11(9-15)13(8-10)17-7-3-4-12(17)14(18)16-2/h10-13H,3-8H2,1-2H3,(H,16,18). The number of amides is 1. The van der Waals surface area contributed by atoms with Gasteiger partial charge in [-0.15, -0.1) is 0 Å². The molecule has 2 fully saturated rings. The molecule has 2 aliphatic rings. The lowest BCUT2D eigenvalue weighted by molar-refractivity contribution is -0.126. The molecule has 1 aliphatic carbocycles. The van der Waals surface area contributed by atoms with E-state index in [1.165, 1.54) is 0 Å². The molecular formula is C14H23N3O. The molecule has 0 aromatic carbocycles. The Kier molecular flexibility index (Phi) is 4.23. The Hall–Kier alpha value is -1.08. The third-order valence-corrected chi connectivity index (χ3v) is 4.51. The highest BCUT2D eigenvalue weighted by Gasteiger charge is 2.40. The first-order valence-corrected chi connectivity index (χ1v) is 7.04. The van der Waals surface area contributed by atoms with Crippen molar-refractivity contribution in [3.05, 3.63) is 0 Å². The molecule has 1 N–H and O–H groups in total. The predicted molar refractivity (Wildman–Crippen MR) is 69.7 cm³/mol. The highest BCUT2D eigenvalue weighted by molar-refractivity contribution is 5.81. The van der Waals surface area contributed by atoms with Crippen LogP contribution in [0.3, 0.4) is 0 Å². The second kappa shape index (κ2) is 5.71. The maximum atomic E-state index is 11.9. The van der Waals surface area contributed by atoms with E-state index in [2.05, 4.69) is 23.2 Å². The maximum Gasteiger partial charge on any atom is 0.237 e. The van der Waals surface area contributed by atoms with Gasteiger partial charge < -0.3 is 5.32 Å². The Morgan fingerprint density at radius 3 is 2.83 bits per heavy atom. The summed E-state index contributed by atoms with van der Waals surface area (Å²) in [6.45, 7) is 3.22. The number of hydrogen-bond acceptors (Lipinski definition) is 3. The number of likely N-dealkylation sites (N-methyl/N-ethyl adjacent to an activating group) is 1. The van der Waals surface area contributed by atoms with Crippen LogP contribution in [0.4, 0.5) is 0 Å². The van der Waals surface area contributed by atoms with Gasteiger partial charge in [-0.05, 0) is 44.6 Å². The van der Waals surface area contributed by atoms with Crippen LogP contribution in [-0.2, 0) is 4.79 Å². The summed E-state index contributed by atoms with van der Waals surface area (Å²) in [5.41, 5.74) is 0. The molecule has 0 spiro atoms. The molecule has 4 unspecified atom stereocenters. The topological polar surface area (TPSA) is 56.1 Å². The quantitative estimate of drug-likeness (QED) is 0.807. The summed E-state index contributed by atoms with van der Waals surface area (Å²) in [7, 11) is 1.70. The minimum atomic E-state index is -0.0128. The van der Waals surface area contributed by atoms with Gasteiger partial charge in [-0.3, -0.25) is 9.69 Å². The zero-order chi connectivity index (χ0) is 13.1. The highest BCUT2D eigenvalue weighted by Crippen LogP contribution is 2.35. The lowest BCUT2D eigenvalue weighted by atomic mass is 9.78. The Morgan fingerprint density at radius 1 is 1.39 bits per heavy atom. The number of nitriles is 1. The summed E-state index contributed by atoms with van der Waals surface area (Å²) in [6, 6.07) is 2.72. The Labute approximate surface area is 109 Å². The molecule has 0 aromatic rings. The predicted octanol–water partition coefficient (Wildman–Crippen LogP) is 1.53. The molecule has 1 aliphatic heterocycles. The largest absolute Gasteiger partial charge is 0.358 e. The smallest absolute Gasteiger partial charge is 0.237 e. The normalized spacial score (nSPS) is 37.2. The highest BCUT2D eigenvalue weighted by atomic mass is 16.2. The third-order valence-electron chi connectivity index (χ3n) is 4.51. The van der Waals surface area contributed by atoms with Gasteiger partial charge in [0.25, 0.3) is 0 Å². The summed E-state index contributed by atoms with van der Waals surface area (Å²) >= 11 is 0. The molecule has 2 rings (SSSR count). The van der Waals surface area contributed by atoms with Crippen molar-refractivity contribution in [2.45, 2.75) is 51.1 Å². The average Bonchev–Trinajstić information content (AvgIpc) is 2.86. The van der Waals surface area contributed by atoms with Crippen LogP contribution in [0.15, 0.2) is 0 Å². The number of nitrogens with one attached hydrogen (secondary N) is 1. The molecule has 1 saturated heterocycles. The van der Waals surface area contributed by atoms with Gasteiger partial charge in [0.05, 0.1) is 18.0 Å². The Bertz CT molecular complexity index is 349. The van der Waals surface area contributed by atoms with Crippen LogP contribution in [0.2, 0.25) is 0 Å². The summed E-state index contributed by atoms with van der Waals surface area (Å²) in [6.07, 6.45) is 5.20. The van der Waals surface area contributed by atoms with Crippen LogP contribution in [0, 0.1) is 23.2 Å². The minimum Gasteiger partial charge on any atom is -0.358 e. The number of likely N-dealkylation sites (tertiary alicyclic amines) is 1. The van der Waals surface area contributed by atoms with E-state index >= 15 is 0 Å². The third kappa shape index (κ3) is 2.51. The minimum absolute atomic E-state index is 0.0128. The average molecular weight is 249 g/mol. The van der Waals surface area contributed by atoms with Crippen LogP contribution in [0.1, 0.15) is 39.0 Å². The molecular weight excluding hydrogens is 226 g/mol. The lowest BCUT2D eigenvalue weighted by Gasteiger charge is -2.39. The monoisotopic (exact) mass is 249 g/mol. The van der Waals surface area contributed by atoms with E-state index in [9.17, 15) is 10.1 Å². The molecule has 1 amide bonds. The molecule has 0 aromatic heterocycles. The summed E-state index contributed by atoms with van der Waals surface area (Å²) in [4.78, 5) is 14.2. The maximum absolute atomic E-state index is 11.9. The molecule has 1 saturated carbocycles. The van der Waals surface area contributed by atoms with Gasteiger partial charge in [0.2, 0.25) is 5.91 Å². The fourth-order valence-electron chi connectivity index (χ4n) is 3.50. The van der Waals surface area contributed by atoms with Crippen LogP contribution >= 0.6 is 0 Å². The summed E-state index contributed by atoms with van der Waals surface area (Å²) < 4.78 is 0. The first kappa shape index (κ1) is 13.4. The number of rotatable bonds is 2. The van der Waals surface area contributed by atoms with Crippen LogP contribution in [0.25, 0.3) is 0 Å². The second-order valence-corrected chi connectivity index (χ2v) is 5.73. The van der Waals surface area contributed by atoms with Gasteiger partial charge in [-0.1, -0.05) is 6.92 Å². The van der Waals surface area contributed by atoms with Gasteiger partial charge in [-0.25, -0.2) is 0 Å². The first-order chi connectivity index (χ1) is 8.67. The van der Waals surface area contributed by atoms with E-state index in [-0.39, 0.29) is 23.9 Å². The number of carbonyl (C=O) groups is 1. The summed E-state index contributed by atoms with van der Waals surface area (Å²) in [5.74, 6) is 0.888. The fourth-order valence-corrected chi connectivity index (χ4v) is 3.50.